The number of hydrogen-bond donors (Lipinski definition) is 2. The number of carbonyl (C=O) groups is 1. The van der Waals surface area contributed by atoms with E-state index in [-0.39, 0.29) is 29.9 Å². The van der Waals surface area contributed by atoms with Gasteiger partial charge in [0, 0.05) is 39.8 Å². The third kappa shape index (κ3) is 15.8. The minimum atomic E-state index is -0.132. The molecule has 0 atom stereocenters. The third-order valence-electron chi connectivity index (χ3n) is 3.01. The monoisotopic (exact) mass is 429 g/mol. The zero-order valence-electron chi connectivity index (χ0n) is 14.2. The Morgan fingerprint density at radius 3 is 2.23 bits per heavy atom. The highest BCUT2D eigenvalue weighted by molar-refractivity contribution is 14.0. The van der Waals surface area contributed by atoms with Crippen molar-refractivity contribution in [3.05, 3.63) is 0 Å². The molecule has 0 aliphatic rings. The Labute approximate surface area is 151 Å². The van der Waals surface area contributed by atoms with Gasteiger partial charge in [-0.2, -0.15) is 0 Å². The van der Waals surface area contributed by atoms with Crippen LogP contribution in [-0.2, 0) is 14.3 Å². The molecule has 0 aliphatic heterocycles. The Hall–Kier alpha value is -0.570. The van der Waals surface area contributed by atoms with E-state index in [4.69, 9.17) is 4.74 Å². The molecule has 7 heteroatoms. The van der Waals surface area contributed by atoms with Gasteiger partial charge in [-0.15, -0.1) is 24.0 Å². The first-order valence-corrected chi connectivity index (χ1v) is 7.83. The predicted molar refractivity (Wildman–Crippen MR) is 101 cm³/mol. The molecule has 0 aromatic rings. The Morgan fingerprint density at radius 1 is 1.05 bits per heavy atom. The summed E-state index contributed by atoms with van der Waals surface area (Å²) in [6.07, 6.45) is 5.53. The minimum absolute atomic E-state index is 0. The average molecular weight is 429 g/mol. The number of ether oxygens (including phenoxy) is 2. The molecule has 22 heavy (non-hydrogen) atoms. The SMILES string of the molecule is CCOCCCCNC(=NC)NCCCCCC(=O)OC.I. The number of rotatable bonds is 12. The van der Waals surface area contributed by atoms with Crippen molar-refractivity contribution in [2.75, 3.05) is 40.5 Å². The molecule has 0 unspecified atom stereocenters. The molecule has 0 bridgehead atoms. The number of hydrogen-bond acceptors (Lipinski definition) is 4. The van der Waals surface area contributed by atoms with E-state index < -0.39 is 0 Å². The van der Waals surface area contributed by atoms with E-state index in [1.807, 2.05) is 6.92 Å². The average Bonchev–Trinajstić information content (AvgIpc) is 2.51. The van der Waals surface area contributed by atoms with Gasteiger partial charge >= 0.3 is 5.97 Å². The Morgan fingerprint density at radius 2 is 1.68 bits per heavy atom. The fourth-order valence-corrected chi connectivity index (χ4v) is 1.78. The lowest BCUT2D eigenvalue weighted by Gasteiger charge is -2.11. The quantitative estimate of drug-likeness (QED) is 0.164. The number of halogens is 1. The van der Waals surface area contributed by atoms with Crippen molar-refractivity contribution < 1.29 is 14.3 Å². The fourth-order valence-electron chi connectivity index (χ4n) is 1.78. The molecule has 0 aromatic heterocycles. The molecule has 0 saturated carbocycles. The summed E-state index contributed by atoms with van der Waals surface area (Å²) in [5.74, 6) is 0.701. The van der Waals surface area contributed by atoms with Gasteiger partial charge in [0.25, 0.3) is 0 Å². The maximum absolute atomic E-state index is 10.9. The van der Waals surface area contributed by atoms with Gasteiger partial charge in [-0.3, -0.25) is 9.79 Å². The molecule has 0 spiro atoms. The predicted octanol–water partition coefficient (Wildman–Crippen LogP) is 2.32. The lowest BCUT2D eigenvalue weighted by atomic mass is 10.2. The number of esters is 1. The van der Waals surface area contributed by atoms with Gasteiger partial charge in [0.05, 0.1) is 7.11 Å². The highest BCUT2D eigenvalue weighted by Crippen LogP contribution is 1.99. The number of unbranched alkanes of at least 4 members (excludes halogenated alkanes) is 3. The molecule has 0 heterocycles. The molecule has 0 radical (unpaired) electrons. The number of nitrogens with one attached hydrogen (secondary N) is 2. The van der Waals surface area contributed by atoms with Crippen molar-refractivity contribution in [3.63, 3.8) is 0 Å². The maximum Gasteiger partial charge on any atom is 0.305 e. The molecule has 0 aliphatic carbocycles. The molecule has 0 saturated heterocycles. The molecule has 0 rings (SSSR count). The first-order chi connectivity index (χ1) is 10.2. The van der Waals surface area contributed by atoms with Gasteiger partial charge in [0.1, 0.15) is 0 Å². The number of aliphatic imine (C=N–C) groups is 1. The summed E-state index contributed by atoms with van der Waals surface area (Å²) in [5, 5.41) is 6.54. The molecule has 2 N–H and O–H groups in total. The largest absolute Gasteiger partial charge is 0.469 e. The number of nitrogens with zero attached hydrogens (tertiary/aromatic N) is 1. The van der Waals surface area contributed by atoms with Gasteiger partial charge in [-0.1, -0.05) is 6.42 Å². The summed E-state index contributed by atoms with van der Waals surface area (Å²) < 4.78 is 9.89. The highest BCUT2D eigenvalue weighted by Gasteiger charge is 2.00. The summed E-state index contributed by atoms with van der Waals surface area (Å²) in [6.45, 7) is 5.38. The smallest absolute Gasteiger partial charge is 0.305 e. The van der Waals surface area contributed by atoms with Crippen LogP contribution >= 0.6 is 24.0 Å². The molecule has 0 amide bonds. The summed E-state index contributed by atoms with van der Waals surface area (Å²) in [5.41, 5.74) is 0. The van der Waals surface area contributed by atoms with Gasteiger partial charge in [0.15, 0.2) is 5.96 Å². The Kier molecular flexibility index (Phi) is 19.9. The van der Waals surface area contributed by atoms with Crippen LogP contribution in [0, 0.1) is 0 Å². The lowest BCUT2D eigenvalue weighted by Crippen LogP contribution is -2.38. The van der Waals surface area contributed by atoms with Crippen LogP contribution in [0.25, 0.3) is 0 Å². The van der Waals surface area contributed by atoms with E-state index in [0.717, 1.165) is 64.4 Å². The van der Waals surface area contributed by atoms with Crippen molar-refractivity contribution in [2.24, 2.45) is 4.99 Å². The van der Waals surface area contributed by atoms with Crippen LogP contribution in [0.15, 0.2) is 4.99 Å². The van der Waals surface area contributed by atoms with E-state index >= 15 is 0 Å². The first-order valence-electron chi connectivity index (χ1n) is 7.83. The van der Waals surface area contributed by atoms with Crippen molar-refractivity contribution >= 4 is 35.9 Å². The van der Waals surface area contributed by atoms with Gasteiger partial charge in [-0.25, -0.2) is 0 Å². The van der Waals surface area contributed by atoms with Crippen LogP contribution in [-0.4, -0.2) is 52.4 Å². The van der Waals surface area contributed by atoms with Crippen LogP contribution in [0.1, 0.15) is 45.4 Å². The fraction of sp³-hybridized carbons (Fsp3) is 0.867. The van der Waals surface area contributed by atoms with Gasteiger partial charge in [0.2, 0.25) is 0 Å². The van der Waals surface area contributed by atoms with Crippen LogP contribution in [0.2, 0.25) is 0 Å². The van der Waals surface area contributed by atoms with Crippen molar-refractivity contribution in [1.82, 2.24) is 10.6 Å². The summed E-state index contributed by atoms with van der Waals surface area (Å²) in [6, 6.07) is 0. The second kappa shape index (κ2) is 18.5. The number of carbonyl (C=O) groups excluding carboxylic acids is 1. The van der Waals surface area contributed by atoms with Gasteiger partial charge in [-0.05, 0) is 32.6 Å². The molecular formula is C15H32IN3O3. The van der Waals surface area contributed by atoms with Crippen LogP contribution in [0.4, 0.5) is 0 Å². The topological polar surface area (TPSA) is 72.0 Å². The van der Waals surface area contributed by atoms with E-state index in [0.29, 0.717) is 6.42 Å². The standard InChI is InChI=1S/C15H31N3O3.HI/c1-4-21-13-9-8-12-18-15(16-2)17-11-7-5-6-10-14(19)20-3;/h4-13H2,1-3H3,(H2,16,17,18);1H. The van der Waals surface area contributed by atoms with Crippen molar-refractivity contribution in [2.45, 2.75) is 45.4 Å². The second-order valence-electron chi connectivity index (χ2n) is 4.72. The van der Waals surface area contributed by atoms with E-state index in [2.05, 4.69) is 20.4 Å². The van der Waals surface area contributed by atoms with Crippen LogP contribution < -0.4 is 10.6 Å². The molecule has 6 nitrogen and oxygen atoms in total. The molecular weight excluding hydrogens is 397 g/mol. The molecule has 0 aromatic carbocycles. The number of guanidine groups is 1. The van der Waals surface area contributed by atoms with Crippen molar-refractivity contribution in [1.29, 1.82) is 0 Å². The van der Waals surface area contributed by atoms with E-state index in [1.54, 1.807) is 7.05 Å². The Balaban J connectivity index is 0. The van der Waals surface area contributed by atoms with E-state index in [1.165, 1.54) is 7.11 Å². The van der Waals surface area contributed by atoms with Gasteiger partial charge < -0.3 is 20.1 Å². The van der Waals surface area contributed by atoms with Crippen LogP contribution in [0.3, 0.4) is 0 Å². The molecule has 0 fully saturated rings. The zero-order valence-corrected chi connectivity index (χ0v) is 16.5. The lowest BCUT2D eigenvalue weighted by molar-refractivity contribution is -0.140. The first kappa shape index (κ1) is 23.7. The highest BCUT2D eigenvalue weighted by atomic mass is 127. The maximum atomic E-state index is 10.9. The Bertz CT molecular complexity index is 289. The summed E-state index contributed by atoms with van der Waals surface area (Å²) >= 11 is 0. The van der Waals surface area contributed by atoms with Crippen molar-refractivity contribution in [3.8, 4) is 0 Å². The van der Waals surface area contributed by atoms with E-state index in [9.17, 15) is 4.79 Å². The summed E-state index contributed by atoms with van der Waals surface area (Å²) in [4.78, 5) is 15.1. The third-order valence-corrected chi connectivity index (χ3v) is 3.01. The number of methoxy groups -OCH3 is 1. The molecule has 132 valence electrons. The normalized spacial score (nSPS) is 10.8. The summed E-state index contributed by atoms with van der Waals surface area (Å²) in [7, 11) is 3.20. The minimum Gasteiger partial charge on any atom is -0.469 e. The second-order valence-corrected chi connectivity index (χ2v) is 4.72. The van der Waals surface area contributed by atoms with Crippen LogP contribution in [0.5, 0.6) is 0 Å². The zero-order chi connectivity index (χ0) is 15.8.